The SMILES string of the molecule is CC(=O)NC(C)(C)C.CCC(C)(C)NC(C)=O.c1ccccc1. The summed E-state index contributed by atoms with van der Waals surface area (Å²) in [5.74, 6) is 0.0688. The molecular weight excluding hydrogens is 288 g/mol. The molecule has 0 aromatic heterocycles. The van der Waals surface area contributed by atoms with Gasteiger partial charge in [0.15, 0.2) is 0 Å². The van der Waals surface area contributed by atoms with Crippen molar-refractivity contribution in [3.8, 4) is 0 Å². The number of hydrogen-bond acceptors (Lipinski definition) is 2. The van der Waals surface area contributed by atoms with E-state index in [-0.39, 0.29) is 22.9 Å². The lowest BCUT2D eigenvalue weighted by molar-refractivity contribution is -0.121. The Kier molecular flexibility index (Phi) is 11.9. The minimum atomic E-state index is -0.0775. The molecule has 1 aromatic rings. The number of benzene rings is 1. The van der Waals surface area contributed by atoms with Crippen LogP contribution in [0.2, 0.25) is 0 Å². The second kappa shape index (κ2) is 11.7. The van der Waals surface area contributed by atoms with Crippen molar-refractivity contribution in [2.24, 2.45) is 0 Å². The average Bonchev–Trinajstić information content (AvgIpc) is 2.38. The average molecular weight is 322 g/mol. The van der Waals surface area contributed by atoms with Gasteiger partial charge in [-0.05, 0) is 41.0 Å². The van der Waals surface area contributed by atoms with Crippen molar-refractivity contribution in [2.75, 3.05) is 0 Å². The maximum Gasteiger partial charge on any atom is 0.217 e. The molecule has 0 spiro atoms. The predicted octanol–water partition coefficient (Wildman–Crippen LogP) is 3.92. The fourth-order valence-electron chi connectivity index (χ4n) is 1.48. The van der Waals surface area contributed by atoms with Gasteiger partial charge in [-0.25, -0.2) is 0 Å². The van der Waals surface area contributed by atoms with Crippen LogP contribution in [-0.4, -0.2) is 22.9 Å². The Labute approximate surface area is 142 Å². The van der Waals surface area contributed by atoms with Gasteiger partial charge < -0.3 is 10.6 Å². The van der Waals surface area contributed by atoms with Gasteiger partial charge >= 0.3 is 0 Å². The van der Waals surface area contributed by atoms with Gasteiger partial charge in [0.25, 0.3) is 0 Å². The van der Waals surface area contributed by atoms with Crippen LogP contribution in [0.3, 0.4) is 0 Å². The third-order valence-electron chi connectivity index (χ3n) is 2.62. The van der Waals surface area contributed by atoms with Crippen LogP contribution in [0.25, 0.3) is 0 Å². The van der Waals surface area contributed by atoms with Crippen molar-refractivity contribution in [1.82, 2.24) is 10.6 Å². The molecule has 1 rings (SSSR count). The minimum Gasteiger partial charge on any atom is -0.352 e. The highest BCUT2D eigenvalue weighted by molar-refractivity contribution is 5.73. The summed E-state index contributed by atoms with van der Waals surface area (Å²) in [6, 6.07) is 12.0. The molecule has 0 saturated carbocycles. The molecule has 4 heteroatoms. The maximum atomic E-state index is 10.5. The lowest BCUT2D eigenvalue weighted by Gasteiger charge is -2.23. The van der Waals surface area contributed by atoms with Crippen LogP contribution >= 0.6 is 0 Å². The van der Waals surface area contributed by atoms with Gasteiger partial charge in [-0.1, -0.05) is 43.3 Å². The fraction of sp³-hybridized carbons (Fsp3) is 0.579. The van der Waals surface area contributed by atoms with Crippen LogP contribution in [0.15, 0.2) is 36.4 Å². The molecule has 4 nitrogen and oxygen atoms in total. The molecule has 0 aliphatic heterocycles. The molecule has 0 aliphatic carbocycles. The third kappa shape index (κ3) is 22.6. The number of amides is 2. The fourth-order valence-corrected chi connectivity index (χ4v) is 1.48. The largest absolute Gasteiger partial charge is 0.352 e. The highest BCUT2D eigenvalue weighted by Crippen LogP contribution is 2.05. The number of hydrogen-bond donors (Lipinski definition) is 2. The Bertz CT molecular complexity index is 408. The molecule has 2 amide bonds. The smallest absolute Gasteiger partial charge is 0.217 e. The van der Waals surface area contributed by atoms with Crippen molar-refractivity contribution >= 4 is 11.8 Å². The van der Waals surface area contributed by atoms with E-state index in [1.807, 2.05) is 71.0 Å². The molecular formula is C19H34N2O2. The highest BCUT2D eigenvalue weighted by Gasteiger charge is 2.14. The molecule has 0 fully saturated rings. The third-order valence-corrected chi connectivity index (χ3v) is 2.62. The van der Waals surface area contributed by atoms with Gasteiger partial charge in [0, 0.05) is 24.9 Å². The van der Waals surface area contributed by atoms with Gasteiger partial charge in [0.05, 0.1) is 0 Å². The second-order valence-corrected chi connectivity index (χ2v) is 7.00. The van der Waals surface area contributed by atoms with Crippen molar-refractivity contribution < 1.29 is 9.59 Å². The monoisotopic (exact) mass is 322 g/mol. The summed E-state index contributed by atoms with van der Waals surface area (Å²) in [6.45, 7) is 15.0. The Morgan fingerprint density at radius 2 is 1.04 bits per heavy atom. The second-order valence-electron chi connectivity index (χ2n) is 7.00. The molecule has 0 radical (unpaired) electrons. The first-order valence-electron chi connectivity index (χ1n) is 7.97. The Hall–Kier alpha value is -1.84. The van der Waals surface area contributed by atoms with E-state index in [1.165, 1.54) is 13.8 Å². The zero-order valence-electron chi connectivity index (χ0n) is 16.0. The van der Waals surface area contributed by atoms with Crippen LogP contribution in [0.1, 0.15) is 61.8 Å². The first-order valence-corrected chi connectivity index (χ1v) is 7.97. The number of nitrogens with one attached hydrogen (secondary N) is 2. The van der Waals surface area contributed by atoms with E-state index in [0.29, 0.717) is 0 Å². The lowest BCUT2D eigenvalue weighted by Crippen LogP contribution is -2.41. The molecule has 0 atom stereocenters. The quantitative estimate of drug-likeness (QED) is 0.867. The van der Waals surface area contributed by atoms with Crippen LogP contribution < -0.4 is 10.6 Å². The van der Waals surface area contributed by atoms with Crippen LogP contribution in [0.4, 0.5) is 0 Å². The van der Waals surface area contributed by atoms with Gasteiger partial charge in [-0.2, -0.15) is 0 Å². The summed E-state index contributed by atoms with van der Waals surface area (Å²) in [7, 11) is 0. The Morgan fingerprint density at radius 3 is 1.13 bits per heavy atom. The molecule has 132 valence electrons. The molecule has 1 aromatic carbocycles. The van der Waals surface area contributed by atoms with E-state index < -0.39 is 0 Å². The molecule has 0 bridgehead atoms. The lowest BCUT2D eigenvalue weighted by atomic mass is 10.0. The number of carbonyl (C=O) groups excluding carboxylic acids is 2. The maximum absolute atomic E-state index is 10.5. The van der Waals surface area contributed by atoms with Gasteiger partial charge in [-0.15, -0.1) is 0 Å². The molecule has 0 saturated heterocycles. The summed E-state index contributed by atoms with van der Waals surface area (Å²) in [6.07, 6.45) is 0.965. The Balaban J connectivity index is 0. The van der Waals surface area contributed by atoms with Crippen LogP contribution in [0.5, 0.6) is 0 Å². The molecule has 23 heavy (non-hydrogen) atoms. The van der Waals surface area contributed by atoms with E-state index in [4.69, 9.17) is 0 Å². The summed E-state index contributed by atoms with van der Waals surface area (Å²) in [4.78, 5) is 20.9. The standard InChI is InChI=1S/C7H15NO.C6H13NO.C6H6/c1-5-7(3,4)8-6(2)9;1-5(8)7-6(2,3)4;1-2-4-6-5-3-1/h5H2,1-4H3,(H,8,9);1-4H3,(H,7,8);1-6H. The molecule has 0 unspecified atom stereocenters. The molecule has 0 heterocycles. The van der Waals surface area contributed by atoms with Crippen LogP contribution in [-0.2, 0) is 9.59 Å². The first-order chi connectivity index (χ1) is 10.4. The van der Waals surface area contributed by atoms with Crippen molar-refractivity contribution in [2.45, 2.75) is 72.9 Å². The van der Waals surface area contributed by atoms with E-state index in [0.717, 1.165) is 6.42 Å². The van der Waals surface area contributed by atoms with E-state index in [9.17, 15) is 9.59 Å². The summed E-state index contributed by atoms with van der Waals surface area (Å²) < 4.78 is 0. The van der Waals surface area contributed by atoms with Crippen LogP contribution in [0, 0.1) is 0 Å². The molecule has 2 N–H and O–H groups in total. The van der Waals surface area contributed by atoms with E-state index in [1.54, 1.807) is 0 Å². The van der Waals surface area contributed by atoms with Gasteiger partial charge in [-0.3, -0.25) is 9.59 Å². The summed E-state index contributed by atoms with van der Waals surface area (Å²) in [5, 5.41) is 5.57. The van der Waals surface area contributed by atoms with Crippen molar-refractivity contribution in [3.05, 3.63) is 36.4 Å². The van der Waals surface area contributed by atoms with E-state index >= 15 is 0 Å². The first kappa shape index (κ1) is 23.4. The van der Waals surface area contributed by atoms with Crippen molar-refractivity contribution in [3.63, 3.8) is 0 Å². The molecule has 0 aliphatic rings. The van der Waals surface area contributed by atoms with E-state index in [2.05, 4.69) is 17.6 Å². The minimum absolute atomic E-state index is 0.0255. The Morgan fingerprint density at radius 1 is 0.739 bits per heavy atom. The van der Waals surface area contributed by atoms with Gasteiger partial charge in [0.1, 0.15) is 0 Å². The highest BCUT2D eigenvalue weighted by atomic mass is 16.2. The summed E-state index contributed by atoms with van der Waals surface area (Å²) in [5.41, 5.74) is -0.113. The van der Waals surface area contributed by atoms with Crippen molar-refractivity contribution in [1.29, 1.82) is 0 Å². The normalized spacial score (nSPS) is 10.3. The number of carbonyl (C=O) groups is 2. The topological polar surface area (TPSA) is 58.2 Å². The van der Waals surface area contributed by atoms with Gasteiger partial charge in [0.2, 0.25) is 11.8 Å². The predicted molar refractivity (Wildman–Crippen MR) is 98.2 cm³/mol. The number of rotatable bonds is 2. The zero-order valence-corrected chi connectivity index (χ0v) is 16.0. The summed E-state index contributed by atoms with van der Waals surface area (Å²) >= 11 is 0. The zero-order chi connectivity index (χ0) is 18.5.